The van der Waals surface area contributed by atoms with Crippen LogP contribution < -0.4 is 15.0 Å². The molecule has 1 amide bonds. The molecule has 3 heterocycles. The lowest BCUT2D eigenvalue weighted by atomic mass is 10.1. The minimum atomic E-state index is -0.291. The van der Waals surface area contributed by atoms with E-state index in [1.807, 2.05) is 6.07 Å². The van der Waals surface area contributed by atoms with Crippen molar-refractivity contribution in [1.29, 1.82) is 0 Å². The van der Waals surface area contributed by atoms with Crippen LogP contribution in [-0.2, 0) is 4.79 Å². The first kappa shape index (κ1) is 23.0. The molecule has 0 atom stereocenters. The van der Waals surface area contributed by atoms with Gasteiger partial charge in [-0.15, -0.1) is 0 Å². The highest BCUT2D eigenvalue weighted by molar-refractivity contribution is 6.33. The highest BCUT2D eigenvalue weighted by Gasteiger charge is 2.16. The highest BCUT2D eigenvalue weighted by atomic mass is 35.5. The largest absolute Gasteiger partial charge is 0.455 e. The first-order valence-corrected chi connectivity index (χ1v) is 11.8. The average molecular weight is 488 g/mol. The minimum Gasteiger partial charge on any atom is -0.455 e. The number of carbonyl (C=O) groups excluding carboxylic acids is 1. The Labute approximate surface area is 209 Å². The number of nitrogens with one attached hydrogen (secondary N) is 2. The average Bonchev–Trinajstić information content (AvgIpc) is 3.31. The number of anilines is 2. The van der Waals surface area contributed by atoms with Crippen LogP contribution >= 0.6 is 11.6 Å². The van der Waals surface area contributed by atoms with E-state index in [0.29, 0.717) is 27.9 Å². The van der Waals surface area contributed by atoms with Crippen LogP contribution in [-0.4, -0.2) is 54.0 Å². The summed E-state index contributed by atoms with van der Waals surface area (Å²) >= 11 is 6.48. The molecule has 0 saturated carbocycles. The molecule has 8 heteroatoms. The van der Waals surface area contributed by atoms with Gasteiger partial charge in [-0.1, -0.05) is 36.4 Å². The Hall–Kier alpha value is -3.81. The lowest BCUT2D eigenvalue weighted by Crippen LogP contribution is -2.44. The summed E-state index contributed by atoms with van der Waals surface area (Å²) in [6.07, 6.45) is 2.79. The lowest BCUT2D eigenvalue weighted by molar-refractivity contribution is -0.111. The second kappa shape index (κ2) is 9.82. The van der Waals surface area contributed by atoms with Gasteiger partial charge in [0, 0.05) is 49.3 Å². The van der Waals surface area contributed by atoms with Crippen molar-refractivity contribution in [3.05, 3.63) is 78.5 Å². The zero-order valence-corrected chi connectivity index (χ0v) is 20.2. The molecule has 1 aliphatic rings. The predicted octanol–water partition coefficient (Wildman–Crippen LogP) is 5.55. The van der Waals surface area contributed by atoms with Gasteiger partial charge in [0.05, 0.1) is 11.6 Å². The number of piperazine rings is 1. The summed E-state index contributed by atoms with van der Waals surface area (Å²) in [4.78, 5) is 24.2. The Morgan fingerprint density at radius 2 is 1.91 bits per heavy atom. The van der Waals surface area contributed by atoms with Crippen LogP contribution in [0, 0.1) is 0 Å². The number of pyridine rings is 1. The zero-order chi connectivity index (χ0) is 24.4. The third-order valence-electron chi connectivity index (χ3n) is 6.12. The summed E-state index contributed by atoms with van der Waals surface area (Å²) in [6, 6.07) is 17.7. The van der Waals surface area contributed by atoms with Gasteiger partial charge in [-0.2, -0.15) is 0 Å². The number of benzene rings is 2. The molecule has 0 spiro atoms. The number of fused-ring (bicyclic) bond motifs is 1. The number of aromatic nitrogens is 2. The van der Waals surface area contributed by atoms with E-state index >= 15 is 0 Å². The number of aromatic amines is 1. The molecule has 0 bridgehead atoms. The lowest BCUT2D eigenvalue weighted by Gasteiger charge is -2.34. The molecule has 4 aromatic rings. The standard InChI is InChI=1S/C27H26ClN5O2/c1-3-25(34)30-19-5-4-6-21(15-19)35-26-22-16-24(31-27(22)29-17-23(26)28)18-7-9-20(10-8-18)33-13-11-32(2)12-14-33/h3-10,15-17H,1,11-14H2,2H3,(H,29,31)(H,30,34). The molecule has 35 heavy (non-hydrogen) atoms. The van der Waals surface area contributed by atoms with Crippen LogP contribution in [0.15, 0.2) is 73.4 Å². The molecule has 7 nitrogen and oxygen atoms in total. The minimum absolute atomic E-state index is 0.291. The van der Waals surface area contributed by atoms with Gasteiger partial charge in [-0.05, 0) is 49.0 Å². The number of halogens is 1. The number of likely N-dealkylation sites (N-methyl/N-ethyl adjacent to an activating group) is 1. The van der Waals surface area contributed by atoms with E-state index < -0.39 is 0 Å². The quantitative estimate of drug-likeness (QED) is 0.349. The Bertz CT molecular complexity index is 1370. The molecule has 1 saturated heterocycles. The van der Waals surface area contributed by atoms with Crippen LogP contribution in [0.2, 0.25) is 5.02 Å². The number of ether oxygens (including phenoxy) is 1. The number of H-pyrrole nitrogens is 1. The summed E-state index contributed by atoms with van der Waals surface area (Å²) in [5.41, 5.74) is 4.49. The van der Waals surface area contributed by atoms with Gasteiger partial charge in [-0.3, -0.25) is 4.79 Å². The van der Waals surface area contributed by atoms with Crippen LogP contribution in [0.4, 0.5) is 11.4 Å². The summed E-state index contributed by atoms with van der Waals surface area (Å²) in [5, 5.41) is 3.90. The van der Waals surface area contributed by atoms with Crippen LogP contribution in [0.3, 0.4) is 0 Å². The number of hydrogen-bond acceptors (Lipinski definition) is 5. The number of hydrogen-bond donors (Lipinski definition) is 2. The molecule has 2 N–H and O–H groups in total. The first-order valence-electron chi connectivity index (χ1n) is 11.4. The Balaban J connectivity index is 1.41. The van der Waals surface area contributed by atoms with Crippen molar-refractivity contribution >= 4 is 39.9 Å². The Morgan fingerprint density at radius 1 is 1.14 bits per heavy atom. The van der Waals surface area contributed by atoms with Gasteiger partial charge >= 0.3 is 0 Å². The van der Waals surface area contributed by atoms with E-state index in [4.69, 9.17) is 16.3 Å². The topological polar surface area (TPSA) is 73.5 Å². The SMILES string of the molecule is C=CC(=O)Nc1cccc(Oc2c(Cl)cnc3[nH]c(-c4ccc(N5CCN(C)CC5)cc4)cc23)c1. The number of carbonyl (C=O) groups is 1. The van der Waals surface area contributed by atoms with Crippen molar-refractivity contribution in [2.24, 2.45) is 0 Å². The van der Waals surface area contributed by atoms with E-state index in [1.165, 1.54) is 11.8 Å². The third-order valence-corrected chi connectivity index (χ3v) is 6.39. The fourth-order valence-corrected chi connectivity index (χ4v) is 4.34. The molecule has 2 aromatic heterocycles. The first-order chi connectivity index (χ1) is 17.0. The summed E-state index contributed by atoms with van der Waals surface area (Å²) in [7, 11) is 2.16. The van der Waals surface area contributed by atoms with Gasteiger partial charge in [0.1, 0.15) is 16.4 Å². The van der Waals surface area contributed by atoms with E-state index in [-0.39, 0.29) is 5.91 Å². The molecule has 0 unspecified atom stereocenters. The van der Waals surface area contributed by atoms with Crippen molar-refractivity contribution in [2.45, 2.75) is 0 Å². The van der Waals surface area contributed by atoms with Gasteiger partial charge in [0.15, 0.2) is 5.75 Å². The fourth-order valence-electron chi connectivity index (χ4n) is 4.15. The Morgan fingerprint density at radius 3 is 2.66 bits per heavy atom. The molecule has 1 aliphatic heterocycles. The normalized spacial score (nSPS) is 14.2. The van der Waals surface area contributed by atoms with E-state index in [1.54, 1.807) is 30.5 Å². The van der Waals surface area contributed by atoms with E-state index in [9.17, 15) is 4.79 Å². The maximum atomic E-state index is 11.6. The third kappa shape index (κ3) is 5.01. The summed E-state index contributed by atoms with van der Waals surface area (Å²) < 4.78 is 6.15. The Kier molecular flexibility index (Phi) is 6.44. The van der Waals surface area contributed by atoms with Crippen molar-refractivity contribution < 1.29 is 9.53 Å². The fraction of sp³-hybridized carbons (Fsp3) is 0.185. The van der Waals surface area contributed by atoms with Crippen LogP contribution in [0.5, 0.6) is 11.5 Å². The summed E-state index contributed by atoms with van der Waals surface area (Å²) in [6.45, 7) is 7.68. The van der Waals surface area contributed by atoms with Crippen molar-refractivity contribution in [2.75, 3.05) is 43.4 Å². The van der Waals surface area contributed by atoms with E-state index in [0.717, 1.165) is 42.8 Å². The van der Waals surface area contributed by atoms with Crippen molar-refractivity contribution in [3.63, 3.8) is 0 Å². The smallest absolute Gasteiger partial charge is 0.247 e. The summed E-state index contributed by atoms with van der Waals surface area (Å²) in [5.74, 6) is 0.751. The molecule has 178 valence electrons. The number of rotatable bonds is 6. The molecule has 1 fully saturated rings. The van der Waals surface area contributed by atoms with Gasteiger partial charge < -0.3 is 24.8 Å². The zero-order valence-electron chi connectivity index (χ0n) is 19.4. The van der Waals surface area contributed by atoms with Gasteiger partial charge in [0.2, 0.25) is 5.91 Å². The molecule has 2 aromatic carbocycles. The van der Waals surface area contributed by atoms with Crippen molar-refractivity contribution in [3.8, 4) is 22.8 Å². The van der Waals surface area contributed by atoms with Gasteiger partial charge in [0.25, 0.3) is 0 Å². The second-order valence-corrected chi connectivity index (χ2v) is 8.95. The molecular formula is C27H26ClN5O2. The number of nitrogens with zero attached hydrogens (tertiary/aromatic N) is 3. The highest BCUT2D eigenvalue weighted by Crippen LogP contribution is 2.38. The monoisotopic (exact) mass is 487 g/mol. The van der Waals surface area contributed by atoms with Crippen LogP contribution in [0.25, 0.3) is 22.3 Å². The second-order valence-electron chi connectivity index (χ2n) is 8.54. The molecular weight excluding hydrogens is 462 g/mol. The maximum Gasteiger partial charge on any atom is 0.247 e. The maximum absolute atomic E-state index is 11.6. The predicted molar refractivity (Wildman–Crippen MR) is 142 cm³/mol. The molecule has 0 aliphatic carbocycles. The van der Waals surface area contributed by atoms with Crippen molar-refractivity contribution in [1.82, 2.24) is 14.9 Å². The van der Waals surface area contributed by atoms with Crippen LogP contribution in [0.1, 0.15) is 0 Å². The molecule has 0 radical (unpaired) electrons. The van der Waals surface area contributed by atoms with Gasteiger partial charge in [-0.25, -0.2) is 4.98 Å². The molecule has 5 rings (SSSR count). The number of amides is 1. The van der Waals surface area contributed by atoms with E-state index in [2.05, 4.69) is 63.0 Å².